The molecule has 0 rings (SSSR count). The average Bonchev–Trinajstić information content (AvgIpc) is 2.26. The van der Waals surface area contributed by atoms with Gasteiger partial charge in [0, 0.05) is 26.9 Å². The van der Waals surface area contributed by atoms with Gasteiger partial charge in [0.05, 0.1) is 7.11 Å². The van der Waals surface area contributed by atoms with E-state index in [-0.39, 0.29) is 5.97 Å². The average molecular weight is 233 g/mol. The Hall–Kier alpha value is -0.650. The van der Waals surface area contributed by atoms with Crippen LogP contribution in [0.25, 0.3) is 0 Å². The van der Waals surface area contributed by atoms with E-state index in [0.717, 1.165) is 12.8 Å². The SMILES string of the molecule is COCCCOCCCC(C)(N)C(=O)OC. The van der Waals surface area contributed by atoms with Crippen molar-refractivity contribution in [2.75, 3.05) is 34.0 Å². The molecule has 0 fully saturated rings. The minimum absolute atomic E-state index is 0.383. The predicted octanol–water partition coefficient (Wildman–Crippen LogP) is 0.710. The summed E-state index contributed by atoms with van der Waals surface area (Å²) < 4.78 is 14.8. The van der Waals surface area contributed by atoms with E-state index >= 15 is 0 Å². The van der Waals surface area contributed by atoms with Crippen molar-refractivity contribution in [1.82, 2.24) is 0 Å². The molecule has 0 aliphatic carbocycles. The van der Waals surface area contributed by atoms with E-state index in [1.165, 1.54) is 7.11 Å². The summed E-state index contributed by atoms with van der Waals surface area (Å²) in [6, 6.07) is 0. The molecule has 5 nitrogen and oxygen atoms in total. The molecule has 0 heterocycles. The van der Waals surface area contributed by atoms with Crippen molar-refractivity contribution in [1.29, 1.82) is 0 Å². The van der Waals surface area contributed by atoms with Gasteiger partial charge in [0.25, 0.3) is 0 Å². The van der Waals surface area contributed by atoms with Gasteiger partial charge in [-0.2, -0.15) is 0 Å². The van der Waals surface area contributed by atoms with Gasteiger partial charge in [0.2, 0.25) is 0 Å². The Kier molecular flexibility index (Phi) is 8.15. The lowest BCUT2D eigenvalue weighted by atomic mass is 9.98. The van der Waals surface area contributed by atoms with Gasteiger partial charge in [-0.05, 0) is 26.2 Å². The highest BCUT2D eigenvalue weighted by Crippen LogP contribution is 2.10. The van der Waals surface area contributed by atoms with E-state index in [9.17, 15) is 4.79 Å². The van der Waals surface area contributed by atoms with Crippen molar-refractivity contribution in [3.05, 3.63) is 0 Å². The van der Waals surface area contributed by atoms with Gasteiger partial charge in [-0.15, -0.1) is 0 Å². The van der Waals surface area contributed by atoms with Crippen molar-refractivity contribution in [2.24, 2.45) is 5.73 Å². The maximum Gasteiger partial charge on any atom is 0.325 e. The quantitative estimate of drug-likeness (QED) is 0.469. The molecule has 0 amide bonds. The normalized spacial score (nSPS) is 14.5. The van der Waals surface area contributed by atoms with Gasteiger partial charge in [-0.3, -0.25) is 4.79 Å². The van der Waals surface area contributed by atoms with E-state index in [0.29, 0.717) is 26.2 Å². The standard InChI is InChI=1S/C11H23NO4/c1-11(12,10(13)15-3)6-4-8-16-9-5-7-14-2/h4-9,12H2,1-3H3. The van der Waals surface area contributed by atoms with E-state index in [1.54, 1.807) is 14.0 Å². The molecule has 0 spiro atoms. The summed E-state index contributed by atoms with van der Waals surface area (Å²) in [5, 5.41) is 0. The van der Waals surface area contributed by atoms with Crippen molar-refractivity contribution >= 4 is 5.97 Å². The zero-order chi connectivity index (χ0) is 12.4. The van der Waals surface area contributed by atoms with Crippen LogP contribution in [0.1, 0.15) is 26.2 Å². The topological polar surface area (TPSA) is 70.8 Å². The van der Waals surface area contributed by atoms with Gasteiger partial charge in [-0.25, -0.2) is 0 Å². The van der Waals surface area contributed by atoms with Gasteiger partial charge in [-0.1, -0.05) is 0 Å². The Balaban J connectivity index is 3.47. The van der Waals surface area contributed by atoms with E-state index in [4.69, 9.17) is 15.2 Å². The second-order valence-electron chi connectivity index (χ2n) is 3.97. The number of esters is 1. The second-order valence-corrected chi connectivity index (χ2v) is 3.97. The van der Waals surface area contributed by atoms with Crippen LogP contribution in [-0.4, -0.2) is 45.5 Å². The second kappa shape index (κ2) is 8.50. The lowest BCUT2D eigenvalue weighted by Gasteiger charge is -2.20. The first-order valence-electron chi connectivity index (χ1n) is 5.48. The van der Waals surface area contributed by atoms with Crippen LogP contribution in [-0.2, 0) is 19.0 Å². The lowest BCUT2D eigenvalue weighted by Crippen LogP contribution is -2.45. The number of rotatable bonds is 9. The molecule has 1 atom stereocenters. The van der Waals surface area contributed by atoms with Gasteiger partial charge >= 0.3 is 5.97 Å². The number of hydrogen-bond donors (Lipinski definition) is 1. The monoisotopic (exact) mass is 233 g/mol. The summed E-state index contributed by atoms with van der Waals surface area (Å²) in [4.78, 5) is 11.2. The van der Waals surface area contributed by atoms with Crippen molar-refractivity contribution in [3.8, 4) is 0 Å². The highest BCUT2D eigenvalue weighted by Gasteiger charge is 2.28. The zero-order valence-electron chi connectivity index (χ0n) is 10.5. The number of ether oxygens (including phenoxy) is 3. The van der Waals surface area contributed by atoms with Gasteiger partial charge < -0.3 is 19.9 Å². The van der Waals surface area contributed by atoms with Crippen LogP contribution >= 0.6 is 0 Å². The molecular weight excluding hydrogens is 210 g/mol. The summed E-state index contributed by atoms with van der Waals surface area (Å²) in [6.45, 7) is 3.65. The lowest BCUT2D eigenvalue weighted by molar-refractivity contribution is -0.146. The van der Waals surface area contributed by atoms with Crippen LogP contribution in [0, 0.1) is 0 Å². The van der Waals surface area contributed by atoms with Crippen LogP contribution in [0.5, 0.6) is 0 Å². The van der Waals surface area contributed by atoms with Crippen LogP contribution in [0.4, 0.5) is 0 Å². The predicted molar refractivity (Wildman–Crippen MR) is 61.2 cm³/mol. The van der Waals surface area contributed by atoms with E-state index < -0.39 is 5.54 Å². The van der Waals surface area contributed by atoms with Crippen molar-refractivity contribution < 1.29 is 19.0 Å². The molecule has 0 aromatic carbocycles. The van der Waals surface area contributed by atoms with Crippen molar-refractivity contribution in [2.45, 2.75) is 31.7 Å². The fourth-order valence-corrected chi connectivity index (χ4v) is 1.28. The molecule has 0 saturated heterocycles. The molecule has 16 heavy (non-hydrogen) atoms. The summed E-state index contributed by atoms with van der Waals surface area (Å²) in [5.41, 5.74) is 4.87. The van der Waals surface area contributed by atoms with E-state index in [2.05, 4.69) is 4.74 Å². The molecule has 1 unspecified atom stereocenters. The molecular formula is C11H23NO4. The zero-order valence-corrected chi connectivity index (χ0v) is 10.5. The fourth-order valence-electron chi connectivity index (χ4n) is 1.28. The van der Waals surface area contributed by atoms with Gasteiger partial charge in [0.15, 0.2) is 0 Å². The highest BCUT2D eigenvalue weighted by atomic mass is 16.5. The number of hydrogen-bond acceptors (Lipinski definition) is 5. The van der Waals surface area contributed by atoms with Crippen molar-refractivity contribution in [3.63, 3.8) is 0 Å². The Morgan fingerprint density at radius 3 is 2.38 bits per heavy atom. The molecule has 2 N–H and O–H groups in total. The minimum Gasteiger partial charge on any atom is -0.468 e. The molecule has 0 aromatic rings. The molecule has 0 aromatic heterocycles. The minimum atomic E-state index is -0.912. The molecule has 96 valence electrons. The maximum absolute atomic E-state index is 11.2. The first kappa shape index (κ1) is 15.3. The van der Waals surface area contributed by atoms with Crippen LogP contribution in [0.15, 0.2) is 0 Å². The Morgan fingerprint density at radius 2 is 1.81 bits per heavy atom. The fraction of sp³-hybridized carbons (Fsp3) is 0.909. The molecule has 0 aliphatic heterocycles. The van der Waals surface area contributed by atoms with E-state index in [1.807, 2.05) is 0 Å². The number of nitrogens with two attached hydrogens (primary N) is 1. The molecule has 0 radical (unpaired) electrons. The highest BCUT2D eigenvalue weighted by molar-refractivity contribution is 5.79. The third-order valence-electron chi connectivity index (χ3n) is 2.27. The van der Waals surface area contributed by atoms with Crippen LogP contribution in [0.3, 0.4) is 0 Å². The summed E-state index contributed by atoms with van der Waals surface area (Å²) >= 11 is 0. The Morgan fingerprint density at radius 1 is 1.19 bits per heavy atom. The summed E-state index contributed by atoms with van der Waals surface area (Å²) in [5.74, 6) is -0.383. The Bertz CT molecular complexity index is 194. The van der Waals surface area contributed by atoms with Gasteiger partial charge in [0.1, 0.15) is 5.54 Å². The summed E-state index contributed by atoms with van der Waals surface area (Å²) in [7, 11) is 3.00. The molecule has 5 heteroatoms. The van der Waals surface area contributed by atoms with Crippen LogP contribution < -0.4 is 5.73 Å². The van der Waals surface area contributed by atoms with Crippen LogP contribution in [0.2, 0.25) is 0 Å². The summed E-state index contributed by atoms with van der Waals surface area (Å²) in [6.07, 6.45) is 2.19. The molecule has 0 bridgehead atoms. The first-order chi connectivity index (χ1) is 7.54. The Labute approximate surface area is 97.2 Å². The maximum atomic E-state index is 11.2. The smallest absolute Gasteiger partial charge is 0.325 e. The first-order valence-corrected chi connectivity index (χ1v) is 5.48. The number of carbonyl (C=O) groups excluding carboxylic acids is 1. The number of methoxy groups -OCH3 is 2. The molecule has 0 aliphatic rings. The largest absolute Gasteiger partial charge is 0.468 e. The molecule has 0 saturated carbocycles. The third kappa shape index (κ3) is 6.76. The number of carbonyl (C=O) groups is 1. The third-order valence-corrected chi connectivity index (χ3v) is 2.27.